The summed E-state index contributed by atoms with van der Waals surface area (Å²) in [4.78, 5) is 0. The summed E-state index contributed by atoms with van der Waals surface area (Å²) < 4.78 is 15.9. The molecule has 1 heterocycles. The van der Waals surface area contributed by atoms with Gasteiger partial charge in [0.2, 0.25) is 0 Å². The number of hydrogen-bond acceptors (Lipinski definition) is 2. The van der Waals surface area contributed by atoms with Crippen molar-refractivity contribution >= 4 is 0 Å². The molecule has 0 aliphatic rings. The van der Waals surface area contributed by atoms with E-state index in [1.165, 1.54) is 6.07 Å². The first kappa shape index (κ1) is 15.7. The lowest BCUT2D eigenvalue weighted by atomic mass is 10.0. The highest BCUT2D eigenvalue weighted by Crippen LogP contribution is 2.21. The number of nitrogens with zero attached hydrogens (tertiary/aromatic N) is 2. The first-order valence-electron chi connectivity index (χ1n) is 7.66. The van der Waals surface area contributed by atoms with Gasteiger partial charge in [0, 0.05) is 6.54 Å². The second-order valence-corrected chi connectivity index (χ2v) is 5.33. The van der Waals surface area contributed by atoms with Crippen LogP contribution >= 0.6 is 0 Å². The Labute approximate surface area is 126 Å². The van der Waals surface area contributed by atoms with Crippen LogP contribution in [0.25, 0.3) is 0 Å². The molecule has 1 unspecified atom stereocenters. The molecule has 0 amide bonds. The fourth-order valence-corrected chi connectivity index (χ4v) is 2.58. The Kier molecular flexibility index (Phi) is 5.51. The molecule has 1 N–H and O–H groups in total. The molecule has 4 heteroatoms. The van der Waals surface area contributed by atoms with Gasteiger partial charge < -0.3 is 5.32 Å². The van der Waals surface area contributed by atoms with Crippen molar-refractivity contribution in [3.05, 3.63) is 53.1 Å². The fourth-order valence-electron chi connectivity index (χ4n) is 2.58. The Morgan fingerprint density at radius 1 is 1.29 bits per heavy atom. The van der Waals surface area contributed by atoms with Crippen molar-refractivity contribution in [3.8, 4) is 0 Å². The highest BCUT2D eigenvalue weighted by Gasteiger charge is 2.18. The van der Waals surface area contributed by atoms with Gasteiger partial charge in [0.05, 0.1) is 17.4 Å². The third kappa shape index (κ3) is 3.91. The molecule has 0 radical (unpaired) electrons. The molecule has 1 aromatic heterocycles. The molecule has 0 spiro atoms. The third-order valence-corrected chi connectivity index (χ3v) is 3.61. The van der Waals surface area contributed by atoms with Gasteiger partial charge in [0.15, 0.2) is 0 Å². The molecule has 0 aliphatic carbocycles. The Hall–Kier alpha value is -1.68. The van der Waals surface area contributed by atoms with Gasteiger partial charge in [-0.15, -0.1) is 0 Å². The van der Waals surface area contributed by atoms with Crippen molar-refractivity contribution in [2.45, 2.75) is 46.2 Å². The summed E-state index contributed by atoms with van der Waals surface area (Å²) in [5, 5.41) is 8.03. The average molecular weight is 289 g/mol. The molecule has 3 nitrogen and oxygen atoms in total. The summed E-state index contributed by atoms with van der Waals surface area (Å²) in [7, 11) is 0. The van der Waals surface area contributed by atoms with Gasteiger partial charge in [-0.3, -0.25) is 4.68 Å². The lowest BCUT2D eigenvalue weighted by molar-refractivity contribution is 0.470. The number of aryl methyl sites for hydroxylation is 2. The monoisotopic (exact) mass is 289 g/mol. The van der Waals surface area contributed by atoms with Crippen LogP contribution in [0.1, 0.15) is 43.3 Å². The Bertz CT molecular complexity index is 577. The van der Waals surface area contributed by atoms with Gasteiger partial charge in [-0.05, 0) is 50.9 Å². The summed E-state index contributed by atoms with van der Waals surface area (Å²) in [6.45, 7) is 7.94. The van der Waals surface area contributed by atoms with Crippen molar-refractivity contribution in [1.82, 2.24) is 15.1 Å². The minimum atomic E-state index is -0.139. The van der Waals surface area contributed by atoms with Crippen molar-refractivity contribution in [1.29, 1.82) is 0 Å². The second kappa shape index (κ2) is 7.36. The molecule has 2 rings (SSSR count). The van der Waals surface area contributed by atoms with E-state index >= 15 is 0 Å². The number of nitrogens with one attached hydrogen (secondary N) is 1. The normalized spacial score (nSPS) is 12.6. The van der Waals surface area contributed by atoms with E-state index in [-0.39, 0.29) is 11.9 Å². The predicted molar refractivity (Wildman–Crippen MR) is 83.8 cm³/mol. The summed E-state index contributed by atoms with van der Waals surface area (Å²) >= 11 is 0. The van der Waals surface area contributed by atoms with Crippen LogP contribution in [-0.2, 0) is 13.0 Å². The number of hydrogen-bond donors (Lipinski definition) is 1. The lowest BCUT2D eigenvalue weighted by Gasteiger charge is -2.20. The van der Waals surface area contributed by atoms with Gasteiger partial charge in [0.25, 0.3) is 0 Å². The topological polar surface area (TPSA) is 29.9 Å². The Balaban J connectivity index is 2.27. The maximum atomic E-state index is 13.9. The molecule has 1 aromatic carbocycles. The highest BCUT2D eigenvalue weighted by atomic mass is 19.1. The van der Waals surface area contributed by atoms with Gasteiger partial charge in [0.1, 0.15) is 5.82 Å². The van der Waals surface area contributed by atoms with E-state index in [1.807, 2.05) is 23.7 Å². The SMILES string of the molecule is CCCNC(Cc1ccccc1F)c1cc(C)nn1CC. The van der Waals surface area contributed by atoms with E-state index in [4.69, 9.17) is 0 Å². The molecule has 0 fully saturated rings. The Morgan fingerprint density at radius 3 is 2.71 bits per heavy atom. The van der Waals surface area contributed by atoms with Crippen molar-refractivity contribution in [2.24, 2.45) is 0 Å². The number of benzene rings is 1. The lowest BCUT2D eigenvalue weighted by Crippen LogP contribution is -2.27. The largest absolute Gasteiger partial charge is 0.308 e. The molecule has 0 saturated heterocycles. The van der Waals surface area contributed by atoms with E-state index in [1.54, 1.807) is 6.07 Å². The van der Waals surface area contributed by atoms with Crippen LogP contribution < -0.4 is 5.32 Å². The zero-order valence-corrected chi connectivity index (χ0v) is 13.1. The van der Waals surface area contributed by atoms with Gasteiger partial charge in [-0.2, -0.15) is 5.10 Å². The highest BCUT2D eigenvalue weighted by molar-refractivity contribution is 5.22. The summed E-state index contributed by atoms with van der Waals surface area (Å²) in [5.74, 6) is -0.139. The van der Waals surface area contributed by atoms with E-state index in [0.29, 0.717) is 6.42 Å². The standard InChI is InChI=1S/C17H24FN3/c1-4-10-19-16(12-14-8-6-7-9-15(14)18)17-11-13(3)20-21(17)5-2/h6-9,11,16,19H,4-5,10,12H2,1-3H3. The van der Waals surface area contributed by atoms with Crippen LogP contribution in [0.2, 0.25) is 0 Å². The molecule has 0 saturated carbocycles. The predicted octanol–water partition coefficient (Wildman–Crippen LogP) is 3.63. The van der Waals surface area contributed by atoms with Gasteiger partial charge in [-0.1, -0.05) is 25.1 Å². The van der Waals surface area contributed by atoms with Crippen LogP contribution in [0.4, 0.5) is 4.39 Å². The molecule has 0 bridgehead atoms. The van der Waals surface area contributed by atoms with Crippen molar-refractivity contribution < 1.29 is 4.39 Å². The van der Waals surface area contributed by atoms with Crippen LogP contribution in [0.5, 0.6) is 0 Å². The third-order valence-electron chi connectivity index (χ3n) is 3.61. The maximum absolute atomic E-state index is 13.9. The van der Waals surface area contributed by atoms with Crippen LogP contribution in [0.3, 0.4) is 0 Å². The van der Waals surface area contributed by atoms with E-state index < -0.39 is 0 Å². The van der Waals surface area contributed by atoms with E-state index in [9.17, 15) is 4.39 Å². The van der Waals surface area contributed by atoms with Crippen LogP contribution in [-0.4, -0.2) is 16.3 Å². The second-order valence-electron chi connectivity index (χ2n) is 5.33. The molecular formula is C17H24FN3. The molecule has 1 atom stereocenters. The first-order chi connectivity index (χ1) is 10.2. The number of aromatic nitrogens is 2. The molecule has 2 aromatic rings. The smallest absolute Gasteiger partial charge is 0.126 e. The van der Waals surface area contributed by atoms with Crippen molar-refractivity contribution in [2.75, 3.05) is 6.54 Å². The minimum Gasteiger partial charge on any atom is -0.308 e. The van der Waals surface area contributed by atoms with Crippen molar-refractivity contribution in [3.63, 3.8) is 0 Å². The van der Waals surface area contributed by atoms with E-state index in [0.717, 1.165) is 36.5 Å². The zero-order valence-electron chi connectivity index (χ0n) is 13.1. The summed E-state index contributed by atoms with van der Waals surface area (Å²) in [5.41, 5.74) is 2.88. The van der Waals surface area contributed by atoms with Crippen LogP contribution in [0, 0.1) is 12.7 Å². The van der Waals surface area contributed by atoms with Crippen LogP contribution in [0.15, 0.2) is 30.3 Å². The maximum Gasteiger partial charge on any atom is 0.126 e. The fraction of sp³-hybridized carbons (Fsp3) is 0.471. The average Bonchev–Trinajstić information content (AvgIpc) is 2.86. The molecular weight excluding hydrogens is 265 g/mol. The summed E-state index contributed by atoms with van der Waals surface area (Å²) in [6, 6.07) is 9.18. The van der Waals surface area contributed by atoms with Gasteiger partial charge in [-0.25, -0.2) is 4.39 Å². The zero-order chi connectivity index (χ0) is 15.2. The molecule has 0 aliphatic heterocycles. The quantitative estimate of drug-likeness (QED) is 0.843. The van der Waals surface area contributed by atoms with E-state index in [2.05, 4.69) is 30.3 Å². The molecule has 21 heavy (non-hydrogen) atoms. The van der Waals surface area contributed by atoms with Gasteiger partial charge >= 0.3 is 0 Å². The minimum absolute atomic E-state index is 0.0861. The Morgan fingerprint density at radius 2 is 2.05 bits per heavy atom. The first-order valence-corrected chi connectivity index (χ1v) is 7.66. The number of rotatable bonds is 7. The summed E-state index contributed by atoms with van der Waals surface area (Å²) in [6.07, 6.45) is 1.69. The number of halogens is 1. The molecule has 114 valence electrons.